The highest BCUT2D eigenvalue weighted by Crippen LogP contribution is 2.28. The van der Waals surface area contributed by atoms with Gasteiger partial charge in [0.1, 0.15) is 11.9 Å². The molecule has 4 heteroatoms. The van der Waals surface area contributed by atoms with E-state index in [-0.39, 0.29) is 11.8 Å². The molecule has 0 saturated carbocycles. The van der Waals surface area contributed by atoms with Crippen molar-refractivity contribution in [1.29, 1.82) is 0 Å². The first kappa shape index (κ1) is 13.8. The van der Waals surface area contributed by atoms with Crippen molar-refractivity contribution in [1.82, 2.24) is 0 Å². The zero-order valence-electron chi connectivity index (χ0n) is 11.2. The molecule has 1 unspecified atom stereocenters. The lowest BCUT2D eigenvalue weighted by Crippen LogP contribution is -2.03. The quantitative estimate of drug-likeness (QED) is 0.598. The monoisotopic (exact) mass is 269 g/mol. The van der Waals surface area contributed by atoms with Gasteiger partial charge in [-0.3, -0.25) is 10.1 Å². The van der Waals surface area contributed by atoms with Crippen LogP contribution in [0.2, 0.25) is 0 Å². The third-order valence-corrected chi connectivity index (χ3v) is 3.00. The molecule has 20 heavy (non-hydrogen) atoms. The van der Waals surface area contributed by atoms with Crippen LogP contribution >= 0.6 is 0 Å². The Kier molecular flexibility index (Phi) is 4.15. The van der Waals surface area contributed by atoms with Crippen molar-refractivity contribution in [2.24, 2.45) is 0 Å². The molecule has 0 spiro atoms. The average Bonchev–Trinajstić information content (AvgIpc) is 2.48. The van der Waals surface area contributed by atoms with E-state index in [2.05, 4.69) is 6.58 Å². The van der Waals surface area contributed by atoms with Crippen molar-refractivity contribution in [2.75, 3.05) is 0 Å². The first-order valence-corrected chi connectivity index (χ1v) is 6.24. The van der Waals surface area contributed by atoms with Crippen molar-refractivity contribution in [2.45, 2.75) is 13.0 Å². The molecule has 0 radical (unpaired) electrons. The van der Waals surface area contributed by atoms with Crippen LogP contribution in [0.3, 0.4) is 0 Å². The zero-order valence-corrected chi connectivity index (χ0v) is 11.2. The third-order valence-electron chi connectivity index (χ3n) is 3.00. The largest absolute Gasteiger partial charge is 0.486 e. The molecular formula is C16H15NO3. The van der Waals surface area contributed by atoms with Crippen LogP contribution < -0.4 is 4.74 Å². The van der Waals surface area contributed by atoms with Crippen LogP contribution in [-0.4, -0.2) is 4.92 Å². The highest BCUT2D eigenvalue weighted by molar-refractivity contribution is 5.61. The van der Waals surface area contributed by atoms with Crippen molar-refractivity contribution in [3.8, 4) is 5.75 Å². The molecule has 0 N–H and O–H groups in total. The van der Waals surface area contributed by atoms with Crippen LogP contribution in [0.15, 0.2) is 55.1 Å². The summed E-state index contributed by atoms with van der Waals surface area (Å²) in [7, 11) is 0. The summed E-state index contributed by atoms with van der Waals surface area (Å²) in [5, 5.41) is 11.0. The van der Waals surface area contributed by atoms with E-state index in [1.807, 2.05) is 37.3 Å². The normalized spacial score (nSPS) is 11.7. The standard InChI is InChI=1S/C16H15NO3/c1-3-13-9-10-15(11-16(13)17(18)19)20-12(2)14-7-5-4-6-8-14/h3-12H,1H2,2H3. The first-order chi connectivity index (χ1) is 9.61. The fourth-order valence-corrected chi connectivity index (χ4v) is 1.92. The lowest BCUT2D eigenvalue weighted by Gasteiger charge is -2.15. The van der Waals surface area contributed by atoms with Gasteiger partial charge in [0.25, 0.3) is 5.69 Å². The molecule has 0 aliphatic heterocycles. The molecule has 1 atom stereocenters. The van der Waals surface area contributed by atoms with Gasteiger partial charge in [-0.15, -0.1) is 0 Å². The van der Waals surface area contributed by atoms with Crippen molar-refractivity contribution >= 4 is 11.8 Å². The highest BCUT2D eigenvalue weighted by Gasteiger charge is 2.14. The summed E-state index contributed by atoms with van der Waals surface area (Å²) in [5.74, 6) is 0.471. The molecule has 0 aliphatic rings. The Morgan fingerprint density at radius 3 is 2.55 bits per heavy atom. The van der Waals surface area contributed by atoms with E-state index in [9.17, 15) is 10.1 Å². The van der Waals surface area contributed by atoms with Gasteiger partial charge in [-0.2, -0.15) is 0 Å². The zero-order chi connectivity index (χ0) is 14.5. The van der Waals surface area contributed by atoms with Crippen LogP contribution in [0.4, 0.5) is 5.69 Å². The van der Waals surface area contributed by atoms with E-state index in [1.165, 1.54) is 12.1 Å². The number of rotatable bonds is 5. The van der Waals surface area contributed by atoms with E-state index in [4.69, 9.17) is 4.74 Å². The number of hydrogen-bond acceptors (Lipinski definition) is 3. The van der Waals surface area contributed by atoms with Gasteiger partial charge >= 0.3 is 0 Å². The van der Waals surface area contributed by atoms with Crippen molar-refractivity contribution in [3.05, 3.63) is 76.4 Å². The minimum atomic E-state index is -0.433. The summed E-state index contributed by atoms with van der Waals surface area (Å²) >= 11 is 0. The molecule has 0 aromatic heterocycles. The van der Waals surface area contributed by atoms with Gasteiger partial charge in [0.15, 0.2) is 0 Å². The lowest BCUT2D eigenvalue weighted by atomic mass is 10.1. The maximum atomic E-state index is 11.0. The van der Waals surface area contributed by atoms with Crippen LogP contribution in [0.25, 0.3) is 6.08 Å². The molecular weight excluding hydrogens is 254 g/mol. The molecule has 0 fully saturated rings. The Morgan fingerprint density at radius 1 is 1.25 bits per heavy atom. The molecule has 2 rings (SSSR count). The third kappa shape index (κ3) is 3.03. The summed E-state index contributed by atoms with van der Waals surface area (Å²) in [5.41, 5.74) is 1.50. The van der Waals surface area contributed by atoms with Gasteiger partial charge in [-0.05, 0) is 24.6 Å². The smallest absolute Gasteiger partial charge is 0.280 e. The molecule has 0 heterocycles. The second-order valence-corrected chi connectivity index (χ2v) is 4.35. The minimum Gasteiger partial charge on any atom is -0.486 e. The van der Waals surface area contributed by atoms with Crippen molar-refractivity contribution < 1.29 is 9.66 Å². The van der Waals surface area contributed by atoms with Crippen LogP contribution in [0, 0.1) is 10.1 Å². The predicted octanol–water partition coefficient (Wildman–Crippen LogP) is 4.38. The second kappa shape index (κ2) is 6.02. The van der Waals surface area contributed by atoms with E-state index in [0.717, 1.165) is 5.56 Å². The van der Waals surface area contributed by atoms with Crippen LogP contribution in [-0.2, 0) is 0 Å². The molecule has 0 amide bonds. The van der Waals surface area contributed by atoms with Gasteiger partial charge in [0.05, 0.1) is 16.6 Å². The number of ether oxygens (including phenoxy) is 1. The second-order valence-electron chi connectivity index (χ2n) is 4.35. The number of nitrogens with zero attached hydrogens (tertiary/aromatic N) is 1. The fraction of sp³-hybridized carbons (Fsp3) is 0.125. The molecule has 0 aliphatic carbocycles. The van der Waals surface area contributed by atoms with Gasteiger partial charge in [0.2, 0.25) is 0 Å². The Labute approximate surface area is 117 Å². The summed E-state index contributed by atoms with van der Waals surface area (Å²) in [6, 6.07) is 14.5. The molecule has 102 valence electrons. The van der Waals surface area contributed by atoms with Crippen LogP contribution in [0.1, 0.15) is 24.2 Å². The minimum absolute atomic E-state index is 0.00207. The maximum Gasteiger partial charge on any atom is 0.280 e. The van der Waals surface area contributed by atoms with Crippen molar-refractivity contribution in [3.63, 3.8) is 0 Å². The first-order valence-electron chi connectivity index (χ1n) is 6.24. The SMILES string of the molecule is C=Cc1ccc(OC(C)c2ccccc2)cc1[N+](=O)[O-]. The molecule has 0 bridgehead atoms. The van der Waals surface area contributed by atoms with E-state index in [0.29, 0.717) is 11.3 Å². The number of hydrogen-bond donors (Lipinski definition) is 0. The topological polar surface area (TPSA) is 52.4 Å². The predicted molar refractivity (Wildman–Crippen MR) is 78.7 cm³/mol. The molecule has 2 aromatic carbocycles. The molecule has 4 nitrogen and oxygen atoms in total. The summed E-state index contributed by atoms with van der Waals surface area (Å²) in [4.78, 5) is 10.6. The van der Waals surface area contributed by atoms with Gasteiger partial charge < -0.3 is 4.74 Å². The van der Waals surface area contributed by atoms with E-state index < -0.39 is 4.92 Å². The van der Waals surface area contributed by atoms with E-state index >= 15 is 0 Å². The lowest BCUT2D eigenvalue weighted by molar-refractivity contribution is -0.385. The highest BCUT2D eigenvalue weighted by atomic mass is 16.6. The van der Waals surface area contributed by atoms with E-state index in [1.54, 1.807) is 12.1 Å². The van der Waals surface area contributed by atoms with Gasteiger partial charge in [0, 0.05) is 0 Å². The van der Waals surface area contributed by atoms with Gasteiger partial charge in [-0.25, -0.2) is 0 Å². The fourth-order valence-electron chi connectivity index (χ4n) is 1.92. The number of nitro groups is 1. The number of nitro benzene ring substituents is 1. The molecule has 2 aromatic rings. The molecule has 0 saturated heterocycles. The van der Waals surface area contributed by atoms with Crippen LogP contribution in [0.5, 0.6) is 5.75 Å². The Hall–Kier alpha value is -2.62. The van der Waals surface area contributed by atoms with Gasteiger partial charge in [-0.1, -0.05) is 43.0 Å². The maximum absolute atomic E-state index is 11.0. The number of benzene rings is 2. The summed E-state index contributed by atoms with van der Waals surface area (Å²) in [6.45, 7) is 5.47. The summed E-state index contributed by atoms with van der Waals surface area (Å²) in [6.07, 6.45) is 1.29. The Morgan fingerprint density at radius 2 is 1.95 bits per heavy atom. The average molecular weight is 269 g/mol. The summed E-state index contributed by atoms with van der Waals surface area (Å²) < 4.78 is 5.75. The Balaban J connectivity index is 2.24. The Bertz CT molecular complexity index is 623.